The van der Waals surface area contributed by atoms with Gasteiger partial charge in [-0.1, -0.05) is 19.1 Å². The number of benzene rings is 2. The molecule has 0 saturated heterocycles. The second-order valence-corrected chi connectivity index (χ2v) is 4.60. The molecule has 114 valence electrons. The van der Waals surface area contributed by atoms with Crippen LogP contribution in [0, 0.1) is 0 Å². The van der Waals surface area contributed by atoms with Crippen molar-refractivity contribution < 1.29 is 14.6 Å². The number of nitrogens with zero attached hydrogens (tertiary/aromatic N) is 1. The predicted octanol–water partition coefficient (Wildman–Crippen LogP) is 2.94. The summed E-state index contributed by atoms with van der Waals surface area (Å²) < 4.78 is 5.11. The molecule has 2 rings (SSSR count). The lowest BCUT2D eigenvalue weighted by molar-refractivity contribution is 0.0952. The molecule has 0 fully saturated rings. The van der Waals surface area contributed by atoms with E-state index in [9.17, 15) is 9.90 Å². The summed E-state index contributed by atoms with van der Waals surface area (Å²) in [6, 6.07) is 13.8. The van der Waals surface area contributed by atoms with Crippen LogP contribution >= 0.6 is 0 Å². The third kappa shape index (κ3) is 3.63. The molecule has 0 spiro atoms. The molecule has 0 aliphatic heterocycles. The van der Waals surface area contributed by atoms with Gasteiger partial charge in [0.15, 0.2) is 0 Å². The molecule has 0 aliphatic rings. The monoisotopic (exact) mass is 298 g/mol. The van der Waals surface area contributed by atoms with Gasteiger partial charge in [0.1, 0.15) is 11.5 Å². The van der Waals surface area contributed by atoms with Gasteiger partial charge in [0.05, 0.1) is 18.4 Å². The van der Waals surface area contributed by atoms with E-state index in [1.54, 1.807) is 25.3 Å². The topological polar surface area (TPSA) is 70.9 Å². The zero-order chi connectivity index (χ0) is 15.9. The SMILES string of the molecule is CC/C(=N/NC(=O)c1ccccc1O)c1ccc(OC)cc1. The first kappa shape index (κ1) is 15.6. The fourth-order valence-electron chi connectivity index (χ4n) is 1.98. The van der Waals surface area contributed by atoms with Crippen molar-refractivity contribution >= 4 is 11.6 Å². The van der Waals surface area contributed by atoms with Crippen LogP contribution in [0.1, 0.15) is 29.3 Å². The molecule has 22 heavy (non-hydrogen) atoms. The summed E-state index contributed by atoms with van der Waals surface area (Å²) in [5.41, 5.74) is 4.31. The van der Waals surface area contributed by atoms with Crippen LogP contribution in [0.5, 0.6) is 11.5 Å². The molecule has 5 heteroatoms. The number of para-hydroxylation sites is 1. The molecule has 0 aromatic heterocycles. The number of hydrogen-bond acceptors (Lipinski definition) is 4. The van der Waals surface area contributed by atoms with E-state index in [1.165, 1.54) is 6.07 Å². The van der Waals surface area contributed by atoms with Crippen molar-refractivity contribution in [2.24, 2.45) is 5.10 Å². The Morgan fingerprint density at radius 2 is 1.86 bits per heavy atom. The fourth-order valence-corrected chi connectivity index (χ4v) is 1.98. The number of rotatable bonds is 5. The van der Waals surface area contributed by atoms with Crippen LogP contribution in [0.25, 0.3) is 0 Å². The van der Waals surface area contributed by atoms with Crippen molar-refractivity contribution in [3.8, 4) is 11.5 Å². The van der Waals surface area contributed by atoms with Crippen molar-refractivity contribution in [2.75, 3.05) is 7.11 Å². The molecule has 0 radical (unpaired) electrons. The van der Waals surface area contributed by atoms with Gasteiger partial charge in [-0.2, -0.15) is 5.10 Å². The van der Waals surface area contributed by atoms with Crippen molar-refractivity contribution in [3.63, 3.8) is 0 Å². The molecule has 0 aliphatic carbocycles. The van der Waals surface area contributed by atoms with Crippen molar-refractivity contribution in [2.45, 2.75) is 13.3 Å². The van der Waals surface area contributed by atoms with Gasteiger partial charge in [-0.15, -0.1) is 0 Å². The lowest BCUT2D eigenvalue weighted by Gasteiger charge is -2.07. The van der Waals surface area contributed by atoms with Gasteiger partial charge >= 0.3 is 0 Å². The number of nitrogens with one attached hydrogen (secondary N) is 1. The summed E-state index contributed by atoms with van der Waals surface area (Å²) in [6.45, 7) is 1.95. The Morgan fingerprint density at radius 3 is 2.45 bits per heavy atom. The van der Waals surface area contributed by atoms with Crippen LogP contribution in [-0.2, 0) is 0 Å². The van der Waals surface area contributed by atoms with E-state index in [2.05, 4.69) is 10.5 Å². The normalized spacial score (nSPS) is 11.1. The summed E-state index contributed by atoms with van der Waals surface area (Å²) in [6.07, 6.45) is 0.660. The summed E-state index contributed by atoms with van der Waals surface area (Å²) in [5, 5.41) is 13.8. The largest absolute Gasteiger partial charge is 0.507 e. The van der Waals surface area contributed by atoms with E-state index in [0.29, 0.717) is 6.42 Å². The van der Waals surface area contributed by atoms with Crippen molar-refractivity contribution in [3.05, 3.63) is 59.7 Å². The summed E-state index contributed by atoms with van der Waals surface area (Å²) in [4.78, 5) is 12.0. The first-order valence-corrected chi connectivity index (χ1v) is 6.95. The number of phenols is 1. The fraction of sp³-hybridized carbons (Fsp3) is 0.176. The Balaban J connectivity index is 2.15. The van der Waals surface area contributed by atoms with E-state index in [4.69, 9.17) is 4.74 Å². The Labute approximate surface area is 129 Å². The summed E-state index contributed by atoms with van der Waals surface area (Å²) in [7, 11) is 1.61. The van der Waals surface area contributed by atoms with Gasteiger partial charge in [-0.3, -0.25) is 4.79 Å². The highest BCUT2D eigenvalue weighted by atomic mass is 16.5. The maximum atomic E-state index is 12.0. The van der Waals surface area contributed by atoms with Gasteiger partial charge in [0, 0.05) is 0 Å². The number of hydrogen-bond donors (Lipinski definition) is 2. The van der Waals surface area contributed by atoms with E-state index in [-0.39, 0.29) is 11.3 Å². The van der Waals surface area contributed by atoms with Crippen LogP contribution < -0.4 is 10.2 Å². The Hall–Kier alpha value is -2.82. The molecule has 2 aromatic rings. The van der Waals surface area contributed by atoms with E-state index in [0.717, 1.165) is 17.0 Å². The second-order valence-electron chi connectivity index (χ2n) is 4.60. The third-order valence-electron chi connectivity index (χ3n) is 3.20. The number of hydrazone groups is 1. The minimum atomic E-state index is -0.447. The molecule has 0 atom stereocenters. The maximum absolute atomic E-state index is 12.0. The third-order valence-corrected chi connectivity index (χ3v) is 3.20. The van der Waals surface area contributed by atoms with Gasteiger partial charge in [-0.05, 0) is 48.4 Å². The van der Waals surface area contributed by atoms with Gasteiger partial charge in [-0.25, -0.2) is 5.43 Å². The number of carbonyl (C=O) groups excluding carboxylic acids is 1. The number of ether oxygens (including phenoxy) is 1. The molecule has 5 nitrogen and oxygen atoms in total. The van der Waals surface area contributed by atoms with Gasteiger partial charge in [0.2, 0.25) is 0 Å². The van der Waals surface area contributed by atoms with E-state index < -0.39 is 5.91 Å². The first-order chi connectivity index (χ1) is 10.7. The molecule has 0 heterocycles. The van der Waals surface area contributed by atoms with Gasteiger partial charge < -0.3 is 9.84 Å². The highest BCUT2D eigenvalue weighted by Gasteiger charge is 2.10. The number of amides is 1. The number of methoxy groups -OCH3 is 1. The molecule has 0 unspecified atom stereocenters. The van der Waals surface area contributed by atoms with E-state index in [1.807, 2.05) is 31.2 Å². The second kappa shape index (κ2) is 7.26. The van der Waals surface area contributed by atoms with Crippen LogP contribution in [0.15, 0.2) is 53.6 Å². The standard InChI is InChI=1S/C17H18N2O3/c1-3-15(12-8-10-13(22-2)11-9-12)18-19-17(21)14-6-4-5-7-16(14)20/h4-11,20H,3H2,1-2H3,(H,19,21)/b18-15-. The molecule has 1 amide bonds. The minimum Gasteiger partial charge on any atom is -0.507 e. The number of carbonyl (C=O) groups is 1. The highest BCUT2D eigenvalue weighted by Crippen LogP contribution is 2.16. The average molecular weight is 298 g/mol. The van der Waals surface area contributed by atoms with Gasteiger partial charge in [0.25, 0.3) is 5.91 Å². The first-order valence-electron chi connectivity index (χ1n) is 6.95. The molecule has 0 saturated carbocycles. The number of aromatic hydroxyl groups is 1. The van der Waals surface area contributed by atoms with Crippen LogP contribution in [0.3, 0.4) is 0 Å². The lowest BCUT2D eigenvalue weighted by Crippen LogP contribution is -2.20. The molecule has 0 bridgehead atoms. The van der Waals surface area contributed by atoms with Crippen LogP contribution in [0.4, 0.5) is 0 Å². The molecule has 2 N–H and O–H groups in total. The van der Waals surface area contributed by atoms with Crippen molar-refractivity contribution in [1.29, 1.82) is 0 Å². The lowest BCUT2D eigenvalue weighted by atomic mass is 10.1. The molecular weight excluding hydrogens is 280 g/mol. The number of phenolic OH excluding ortho intramolecular Hbond substituents is 1. The van der Waals surface area contributed by atoms with E-state index >= 15 is 0 Å². The Kier molecular flexibility index (Phi) is 5.14. The summed E-state index contributed by atoms with van der Waals surface area (Å²) >= 11 is 0. The zero-order valence-corrected chi connectivity index (χ0v) is 12.5. The molecule has 2 aromatic carbocycles. The Bertz CT molecular complexity index is 679. The minimum absolute atomic E-state index is 0.0716. The predicted molar refractivity (Wildman–Crippen MR) is 85.4 cm³/mol. The zero-order valence-electron chi connectivity index (χ0n) is 12.5. The Morgan fingerprint density at radius 1 is 1.18 bits per heavy atom. The van der Waals surface area contributed by atoms with Crippen LogP contribution in [0.2, 0.25) is 0 Å². The highest BCUT2D eigenvalue weighted by molar-refractivity contribution is 6.02. The quantitative estimate of drug-likeness (QED) is 0.658. The smallest absolute Gasteiger partial charge is 0.275 e. The maximum Gasteiger partial charge on any atom is 0.275 e. The summed E-state index contributed by atoms with van der Waals surface area (Å²) in [5.74, 6) is 0.243. The average Bonchev–Trinajstić information content (AvgIpc) is 2.56. The molecular formula is C17H18N2O3. The van der Waals surface area contributed by atoms with Crippen LogP contribution in [-0.4, -0.2) is 23.8 Å². The van der Waals surface area contributed by atoms with Crippen molar-refractivity contribution in [1.82, 2.24) is 5.43 Å².